The summed E-state index contributed by atoms with van der Waals surface area (Å²) in [5.74, 6) is 0.664. The molecule has 18 heavy (non-hydrogen) atoms. The summed E-state index contributed by atoms with van der Waals surface area (Å²) in [6.07, 6.45) is -0.401. The summed E-state index contributed by atoms with van der Waals surface area (Å²) in [4.78, 5) is 1.18. The highest BCUT2D eigenvalue weighted by Crippen LogP contribution is 2.19. The van der Waals surface area contributed by atoms with Crippen molar-refractivity contribution in [1.82, 2.24) is 5.32 Å². The van der Waals surface area contributed by atoms with Crippen LogP contribution in [0, 0.1) is 0 Å². The van der Waals surface area contributed by atoms with E-state index in [4.69, 9.17) is 4.74 Å². The molecule has 0 fully saturated rings. The van der Waals surface area contributed by atoms with E-state index in [9.17, 15) is 5.11 Å². The van der Waals surface area contributed by atoms with Gasteiger partial charge in [-0.1, -0.05) is 26.0 Å². The second kappa shape index (κ2) is 8.53. The lowest BCUT2D eigenvalue weighted by molar-refractivity contribution is 0.0794. The number of nitrogens with one attached hydrogen (secondary N) is 1. The van der Waals surface area contributed by atoms with Gasteiger partial charge < -0.3 is 15.2 Å². The van der Waals surface area contributed by atoms with Crippen molar-refractivity contribution in [2.75, 3.05) is 19.5 Å². The molecule has 0 spiro atoms. The highest BCUT2D eigenvalue weighted by molar-refractivity contribution is 7.99. The first kappa shape index (κ1) is 15.5. The van der Waals surface area contributed by atoms with Crippen molar-refractivity contribution in [2.24, 2.45) is 0 Å². The van der Waals surface area contributed by atoms with Crippen molar-refractivity contribution in [3.63, 3.8) is 0 Å². The molecule has 0 amide bonds. The average Bonchev–Trinajstić information content (AvgIpc) is 2.35. The number of hydrogen-bond donors (Lipinski definition) is 2. The van der Waals surface area contributed by atoms with Gasteiger partial charge in [-0.3, -0.25) is 0 Å². The molecule has 0 saturated heterocycles. The fourth-order valence-electron chi connectivity index (χ4n) is 1.46. The first-order chi connectivity index (χ1) is 8.61. The van der Waals surface area contributed by atoms with Crippen LogP contribution < -0.4 is 5.32 Å². The average molecular weight is 269 g/mol. The lowest BCUT2D eigenvalue weighted by Crippen LogP contribution is -2.21. The van der Waals surface area contributed by atoms with Crippen LogP contribution in [0.1, 0.15) is 19.4 Å². The van der Waals surface area contributed by atoms with Gasteiger partial charge in [-0.05, 0) is 17.7 Å². The fraction of sp³-hybridized carbons (Fsp3) is 0.571. The Morgan fingerprint density at radius 2 is 1.94 bits per heavy atom. The number of aliphatic hydroxyl groups is 1. The van der Waals surface area contributed by atoms with Gasteiger partial charge in [0.25, 0.3) is 0 Å². The van der Waals surface area contributed by atoms with Gasteiger partial charge in [0.05, 0.1) is 12.7 Å². The van der Waals surface area contributed by atoms with E-state index in [2.05, 4.69) is 43.4 Å². The lowest BCUT2D eigenvalue weighted by atomic mass is 10.2. The molecular weight excluding hydrogens is 246 g/mol. The van der Waals surface area contributed by atoms with E-state index in [1.807, 2.05) is 0 Å². The van der Waals surface area contributed by atoms with Crippen LogP contribution in [0.15, 0.2) is 29.2 Å². The first-order valence-corrected chi connectivity index (χ1v) is 7.22. The number of rotatable bonds is 8. The molecule has 102 valence electrons. The molecule has 0 heterocycles. The highest BCUT2D eigenvalue weighted by atomic mass is 32.2. The summed E-state index contributed by atoms with van der Waals surface area (Å²) in [6.45, 7) is 5.57. The van der Waals surface area contributed by atoms with Crippen molar-refractivity contribution in [1.29, 1.82) is 0 Å². The maximum atomic E-state index is 9.55. The van der Waals surface area contributed by atoms with Gasteiger partial charge in [-0.25, -0.2) is 0 Å². The van der Waals surface area contributed by atoms with Crippen LogP contribution in [0.25, 0.3) is 0 Å². The minimum absolute atomic E-state index is 0.392. The van der Waals surface area contributed by atoms with E-state index in [0.29, 0.717) is 18.4 Å². The Bertz CT molecular complexity index is 327. The minimum Gasteiger partial charge on any atom is -0.390 e. The van der Waals surface area contributed by atoms with E-state index in [1.54, 1.807) is 18.9 Å². The number of ether oxygens (including phenoxy) is 1. The summed E-state index contributed by atoms with van der Waals surface area (Å²) < 4.78 is 4.89. The van der Waals surface area contributed by atoms with Crippen LogP contribution in [0.4, 0.5) is 0 Å². The maximum Gasteiger partial charge on any atom is 0.0867 e. The first-order valence-electron chi connectivity index (χ1n) is 6.24. The number of benzene rings is 1. The molecule has 0 radical (unpaired) electrons. The molecule has 0 aromatic heterocycles. The largest absolute Gasteiger partial charge is 0.390 e. The summed E-state index contributed by atoms with van der Waals surface area (Å²) in [6, 6.07) is 8.95. The van der Waals surface area contributed by atoms with Gasteiger partial charge in [0.2, 0.25) is 0 Å². The Morgan fingerprint density at radius 1 is 1.28 bits per heavy atom. The number of aliphatic hydroxyl groups excluding tert-OH is 1. The van der Waals surface area contributed by atoms with Crippen LogP contribution in [0.3, 0.4) is 0 Å². The molecule has 1 aromatic rings. The summed E-state index contributed by atoms with van der Waals surface area (Å²) in [7, 11) is 1.60. The van der Waals surface area contributed by atoms with Gasteiger partial charge in [0.1, 0.15) is 0 Å². The van der Waals surface area contributed by atoms with Gasteiger partial charge in [-0.15, -0.1) is 11.8 Å². The zero-order valence-electron chi connectivity index (χ0n) is 11.3. The second-order valence-electron chi connectivity index (χ2n) is 4.60. The molecule has 1 rings (SSSR count). The van der Waals surface area contributed by atoms with Crippen LogP contribution >= 0.6 is 11.8 Å². The Morgan fingerprint density at radius 3 is 2.50 bits per heavy atom. The smallest absolute Gasteiger partial charge is 0.0867 e. The van der Waals surface area contributed by atoms with Crippen molar-refractivity contribution in [2.45, 2.75) is 37.4 Å². The monoisotopic (exact) mass is 269 g/mol. The fourth-order valence-corrected chi connectivity index (χ4v) is 2.27. The Labute approximate surface area is 114 Å². The Kier molecular flexibility index (Phi) is 7.35. The molecule has 1 aromatic carbocycles. The predicted molar refractivity (Wildman–Crippen MR) is 77.0 cm³/mol. The zero-order valence-corrected chi connectivity index (χ0v) is 12.2. The minimum atomic E-state index is -0.401. The molecule has 2 N–H and O–H groups in total. The van der Waals surface area contributed by atoms with E-state index in [1.165, 1.54) is 10.5 Å². The van der Waals surface area contributed by atoms with Crippen molar-refractivity contribution in [3.8, 4) is 0 Å². The normalized spacial score (nSPS) is 12.9. The van der Waals surface area contributed by atoms with Crippen molar-refractivity contribution >= 4 is 11.8 Å². The van der Waals surface area contributed by atoms with Gasteiger partial charge in [0.15, 0.2) is 0 Å². The molecule has 0 saturated carbocycles. The highest BCUT2D eigenvalue weighted by Gasteiger charge is 2.04. The third kappa shape index (κ3) is 6.40. The standard InChI is InChI=1S/C14H23NO2S/c1-11(2)15-8-12-4-6-14(7-5-12)18-10-13(16)9-17-3/h4-7,11,13,15-16H,8-10H2,1-3H3. The van der Waals surface area contributed by atoms with Crippen LogP contribution in [-0.2, 0) is 11.3 Å². The quantitative estimate of drug-likeness (QED) is 0.711. The molecule has 0 aliphatic carbocycles. The van der Waals surface area contributed by atoms with Crippen LogP contribution in [0.2, 0.25) is 0 Å². The summed E-state index contributed by atoms with van der Waals surface area (Å²) >= 11 is 1.65. The third-order valence-corrected chi connectivity index (χ3v) is 3.60. The van der Waals surface area contributed by atoms with Crippen LogP contribution in [-0.4, -0.2) is 36.7 Å². The topological polar surface area (TPSA) is 41.5 Å². The Hall–Kier alpha value is -0.550. The third-order valence-electron chi connectivity index (χ3n) is 2.44. The molecule has 0 aliphatic heterocycles. The van der Waals surface area contributed by atoms with Crippen LogP contribution in [0.5, 0.6) is 0 Å². The predicted octanol–water partition coefficient (Wildman–Crippen LogP) is 2.28. The molecule has 1 unspecified atom stereocenters. The summed E-state index contributed by atoms with van der Waals surface area (Å²) in [5.41, 5.74) is 1.28. The van der Waals surface area contributed by atoms with Gasteiger partial charge in [-0.2, -0.15) is 0 Å². The van der Waals surface area contributed by atoms with Crippen molar-refractivity contribution in [3.05, 3.63) is 29.8 Å². The van der Waals surface area contributed by atoms with Gasteiger partial charge in [0, 0.05) is 30.3 Å². The summed E-state index contributed by atoms with van der Waals surface area (Å²) in [5, 5.41) is 12.9. The van der Waals surface area contributed by atoms with E-state index < -0.39 is 6.10 Å². The molecule has 4 heteroatoms. The molecule has 3 nitrogen and oxygen atoms in total. The molecule has 1 atom stereocenters. The number of thioether (sulfide) groups is 1. The SMILES string of the molecule is COCC(O)CSc1ccc(CNC(C)C)cc1. The number of hydrogen-bond acceptors (Lipinski definition) is 4. The maximum absolute atomic E-state index is 9.55. The molecule has 0 bridgehead atoms. The van der Waals surface area contributed by atoms with Crippen molar-refractivity contribution < 1.29 is 9.84 Å². The number of methoxy groups -OCH3 is 1. The van der Waals surface area contributed by atoms with Gasteiger partial charge >= 0.3 is 0 Å². The molecular formula is C14H23NO2S. The van der Waals surface area contributed by atoms with E-state index in [-0.39, 0.29) is 0 Å². The lowest BCUT2D eigenvalue weighted by Gasteiger charge is -2.10. The zero-order chi connectivity index (χ0) is 13.4. The second-order valence-corrected chi connectivity index (χ2v) is 5.69. The van der Waals surface area contributed by atoms with E-state index in [0.717, 1.165) is 6.54 Å². The molecule has 0 aliphatic rings. The van der Waals surface area contributed by atoms with E-state index >= 15 is 0 Å². The Balaban J connectivity index is 2.35.